The summed E-state index contributed by atoms with van der Waals surface area (Å²) in [6.45, 7) is 1.85. The van der Waals surface area contributed by atoms with Crippen LogP contribution in [0, 0.1) is 33.1 Å². The van der Waals surface area contributed by atoms with E-state index >= 15 is 0 Å². The number of carbonyl (C=O) groups excluding carboxylic acids is 1. The third-order valence-electron chi connectivity index (χ3n) is 5.63. The van der Waals surface area contributed by atoms with E-state index in [2.05, 4.69) is 14.7 Å². The van der Waals surface area contributed by atoms with Gasteiger partial charge >= 0.3 is 5.97 Å². The van der Waals surface area contributed by atoms with E-state index in [1.165, 1.54) is 0 Å². The second-order valence-corrected chi connectivity index (χ2v) is 8.11. The number of nitrogens with zero attached hydrogens (tertiary/aromatic N) is 3. The van der Waals surface area contributed by atoms with Crippen LogP contribution in [0.3, 0.4) is 0 Å². The van der Waals surface area contributed by atoms with Crippen LogP contribution in [0.1, 0.15) is 41.3 Å². The molecular formula is C20H18ClN3O9. The van der Waals surface area contributed by atoms with Gasteiger partial charge in [0.2, 0.25) is 0 Å². The lowest BCUT2D eigenvalue weighted by Crippen LogP contribution is -2.30. The Hall–Kier alpha value is -3.51. The monoisotopic (exact) mass is 479 g/mol. The highest BCUT2D eigenvalue weighted by Crippen LogP contribution is 2.42. The molecule has 1 saturated carbocycles. The molecule has 0 unspecified atom stereocenters. The zero-order valence-corrected chi connectivity index (χ0v) is 18.0. The molecule has 0 spiro atoms. The summed E-state index contributed by atoms with van der Waals surface area (Å²) in [6.07, 6.45) is -1.60. The topological polar surface area (TPSA) is 153 Å². The number of hydrogen-bond acceptors (Lipinski definition) is 10. The molecule has 1 aromatic heterocycles. The van der Waals surface area contributed by atoms with Crippen molar-refractivity contribution in [1.82, 2.24) is 4.98 Å². The van der Waals surface area contributed by atoms with E-state index in [1.807, 2.05) is 12.1 Å². The first-order valence-corrected chi connectivity index (χ1v) is 10.3. The van der Waals surface area contributed by atoms with Crippen molar-refractivity contribution in [2.45, 2.75) is 44.7 Å². The van der Waals surface area contributed by atoms with Gasteiger partial charge in [-0.25, -0.2) is 0 Å². The maximum absolute atomic E-state index is 12.9. The second-order valence-electron chi connectivity index (χ2n) is 7.67. The standard InChI is InChI=1S/C20H18ClN3O9/c1-10-18(15-9-30-19(14(15)8-22-10)11-2-4-13(21)5-3-11)31-20(25)12-6-16(32-23(26)27)17(7-12)33-24(28)29/h2-5,8,12,16-17,19H,6-7,9H2,1H3/t12-,16-,17+,19-/m1/s1. The molecule has 0 bridgehead atoms. The molecule has 174 valence electrons. The van der Waals surface area contributed by atoms with Crippen LogP contribution < -0.4 is 4.74 Å². The van der Waals surface area contributed by atoms with Crippen molar-refractivity contribution in [1.29, 1.82) is 0 Å². The lowest BCUT2D eigenvalue weighted by atomic mass is 10.00. The lowest BCUT2D eigenvalue weighted by molar-refractivity contribution is -0.797. The van der Waals surface area contributed by atoms with Crippen molar-refractivity contribution in [3.63, 3.8) is 0 Å². The minimum Gasteiger partial charge on any atom is -0.424 e. The molecule has 2 aliphatic rings. The fraction of sp³-hybridized carbons (Fsp3) is 0.400. The van der Waals surface area contributed by atoms with Crippen molar-refractivity contribution in [2.75, 3.05) is 0 Å². The maximum Gasteiger partial charge on any atom is 0.314 e. The zero-order valence-electron chi connectivity index (χ0n) is 17.2. The van der Waals surface area contributed by atoms with Gasteiger partial charge in [-0.2, -0.15) is 0 Å². The Labute approximate surface area is 191 Å². The van der Waals surface area contributed by atoms with Crippen LogP contribution in [0.15, 0.2) is 30.5 Å². The van der Waals surface area contributed by atoms with Crippen LogP contribution >= 0.6 is 11.6 Å². The molecule has 13 heteroatoms. The fourth-order valence-electron chi connectivity index (χ4n) is 4.11. The minimum absolute atomic E-state index is 0.163. The summed E-state index contributed by atoms with van der Waals surface area (Å²) in [5.74, 6) is -1.38. The highest BCUT2D eigenvalue weighted by molar-refractivity contribution is 6.30. The van der Waals surface area contributed by atoms with Crippen LogP contribution in [0.2, 0.25) is 5.02 Å². The number of ether oxygens (including phenoxy) is 2. The number of pyridine rings is 1. The van der Waals surface area contributed by atoms with Crippen LogP contribution in [-0.4, -0.2) is 33.3 Å². The number of rotatable bonds is 7. The Bertz CT molecular complexity index is 1070. The van der Waals surface area contributed by atoms with E-state index in [0.29, 0.717) is 16.3 Å². The Morgan fingerprint density at radius 1 is 1.12 bits per heavy atom. The average Bonchev–Trinajstić information content (AvgIpc) is 3.34. The number of benzene rings is 1. The quantitative estimate of drug-likeness (QED) is 0.328. The maximum atomic E-state index is 12.9. The molecule has 1 aliphatic carbocycles. The van der Waals surface area contributed by atoms with Gasteiger partial charge in [-0.05, 0) is 37.5 Å². The van der Waals surface area contributed by atoms with Crippen LogP contribution in [0.25, 0.3) is 0 Å². The van der Waals surface area contributed by atoms with Crippen molar-refractivity contribution in [2.24, 2.45) is 5.92 Å². The van der Waals surface area contributed by atoms with Gasteiger partial charge in [0.1, 0.15) is 18.3 Å². The van der Waals surface area contributed by atoms with Crippen LogP contribution in [-0.2, 0) is 25.8 Å². The fourth-order valence-corrected chi connectivity index (χ4v) is 4.24. The summed E-state index contributed by atoms with van der Waals surface area (Å²) in [6, 6.07) is 7.15. The van der Waals surface area contributed by atoms with E-state index in [9.17, 15) is 25.0 Å². The van der Waals surface area contributed by atoms with Crippen molar-refractivity contribution < 1.29 is 34.1 Å². The van der Waals surface area contributed by atoms with Gasteiger partial charge in [0.05, 0.1) is 18.2 Å². The number of esters is 1. The molecule has 1 fully saturated rings. The first-order chi connectivity index (χ1) is 15.7. The lowest BCUT2D eigenvalue weighted by Gasteiger charge is -2.15. The normalized spacial score (nSPS) is 23.6. The van der Waals surface area contributed by atoms with Crippen LogP contribution in [0.4, 0.5) is 0 Å². The Balaban J connectivity index is 1.53. The van der Waals surface area contributed by atoms with Gasteiger partial charge in [0.15, 0.2) is 5.75 Å². The largest absolute Gasteiger partial charge is 0.424 e. The van der Waals surface area contributed by atoms with Crippen molar-refractivity contribution >= 4 is 17.6 Å². The highest BCUT2D eigenvalue weighted by Gasteiger charge is 2.44. The molecule has 12 nitrogen and oxygen atoms in total. The van der Waals surface area contributed by atoms with Gasteiger partial charge in [-0.3, -0.25) is 9.78 Å². The number of aromatic nitrogens is 1. The SMILES string of the molecule is Cc1ncc2c(c1OC(=O)[C@H]1C[C@H](O[N+](=O)[O-])[C@H](O[N+](=O)[O-])C1)CO[C@@H]2c1ccc(Cl)cc1. The predicted octanol–water partition coefficient (Wildman–Crippen LogP) is 3.13. The first kappa shape index (κ1) is 22.7. The van der Waals surface area contributed by atoms with E-state index in [4.69, 9.17) is 21.1 Å². The zero-order chi connectivity index (χ0) is 23.7. The molecule has 2 heterocycles. The van der Waals surface area contributed by atoms with Crippen LogP contribution in [0.5, 0.6) is 5.75 Å². The number of aryl methyl sites for hydroxylation is 1. The Kier molecular flexibility index (Phi) is 6.29. The molecule has 0 saturated heterocycles. The van der Waals surface area contributed by atoms with E-state index in [0.717, 1.165) is 11.1 Å². The third kappa shape index (κ3) is 4.81. The summed E-state index contributed by atoms with van der Waals surface area (Å²) >= 11 is 5.96. The molecule has 1 aliphatic heterocycles. The van der Waals surface area contributed by atoms with E-state index < -0.39 is 40.4 Å². The van der Waals surface area contributed by atoms with Crippen molar-refractivity contribution in [3.8, 4) is 5.75 Å². The van der Waals surface area contributed by atoms with E-state index in [1.54, 1.807) is 25.3 Å². The average molecular weight is 480 g/mol. The van der Waals surface area contributed by atoms with Gasteiger partial charge in [-0.1, -0.05) is 23.7 Å². The van der Waals surface area contributed by atoms with E-state index in [-0.39, 0.29) is 25.2 Å². The molecule has 0 N–H and O–H groups in total. The molecular weight excluding hydrogens is 462 g/mol. The Morgan fingerprint density at radius 3 is 2.30 bits per heavy atom. The summed E-state index contributed by atoms with van der Waals surface area (Å²) in [7, 11) is 0. The summed E-state index contributed by atoms with van der Waals surface area (Å²) in [4.78, 5) is 47.5. The van der Waals surface area contributed by atoms with Gasteiger partial charge in [0, 0.05) is 22.3 Å². The van der Waals surface area contributed by atoms with Gasteiger partial charge < -0.3 is 19.1 Å². The van der Waals surface area contributed by atoms with Crippen molar-refractivity contribution in [3.05, 3.63) is 78.1 Å². The summed E-state index contributed by atoms with van der Waals surface area (Å²) in [5, 5.41) is 19.9. The molecule has 4 atom stereocenters. The second kappa shape index (κ2) is 9.16. The minimum atomic E-state index is -1.26. The van der Waals surface area contributed by atoms with Gasteiger partial charge in [-0.15, -0.1) is 20.2 Å². The third-order valence-corrected chi connectivity index (χ3v) is 5.88. The van der Waals surface area contributed by atoms with Gasteiger partial charge in [0.25, 0.3) is 10.2 Å². The number of fused-ring (bicyclic) bond motifs is 1. The predicted molar refractivity (Wildman–Crippen MR) is 109 cm³/mol. The number of halogens is 1. The number of carbonyl (C=O) groups is 1. The number of hydrogen-bond donors (Lipinski definition) is 0. The Morgan fingerprint density at radius 2 is 1.73 bits per heavy atom. The summed E-state index contributed by atoms with van der Waals surface area (Å²) < 4.78 is 11.5. The smallest absolute Gasteiger partial charge is 0.314 e. The molecule has 0 radical (unpaired) electrons. The molecule has 0 amide bonds. The molecule has 1 aromatic carbocycles. The first-order valence-electron chi connectivity index (χ1n) is 9.92. The molecule has 4 rings (SSSR count). The highest BCUT2D eigenvalue weighted by atomic mass is 35.5. The summed E-state index contributed by atoms with van der Waals surface area (Å²) in [5.41, 5.74) is 2.71. The molecule has 2 aromatic rings. The molecule has 33 heavy (non-hydrogen) atoms.